The monoisotopic (exact) mass is 323 g/mol. The second-order valence-electron chi connectivity index (χ2n) is 6.20. The molecule has 1 unspecified atom stereocenters. The first-order valence-corrected chi connectivity index (χ1v) is 8.27. The maximum atomic E-state index is 12.6. The van der Waals surface area contributed by atoms with Gasteiger partial charge >= 0.3 is 0 Å². The molecule has 1 aliphatic heterocycles. The maximum absolute atomic E-state index is 12.6. The van der Waals surface area contributed by atoms with Crippen LogP contribution >= 0.6 is 0 Å². The van der Waals surface area contributed by atoms with Crippen molar-refractivity contribution in [3.05, 3.63) is 64.7 Å². The van der Waals surface area contributed by atoms with Crippen LogP contribution in [0.15, 0.2) is 42.5 Å². The Morgan fingerprint density at radius 1 is 1.04 bits per heavy atom. The summed E-state index contributed by atoms with van der Waals surface area (Å²) in [6, 6.07) is 12.8. The highest BCUT2D eigenvalue weighted by Crippen LogP contribution is 2.39. The summed E-state index contributed by atoms with van der Waals surface area (Å²) < 4.78 is 0. The van der Waals surface area contributed by atoms with E-state index in [4.69, 9.17) is 0 Å². The van der Waals surface area contributed by atoms with Crippen molar-refractivity contribution in [1.29, 1.82) is 0 Å². The highest BCUT2D eigenvalue weighted by molar-refractivity contribution is 6.09. The van der Waals surface area contributed by atoms with Gasteiger partial charge < -0.3 is 10.4 Å². The van der Waals surface area contributed by atoms with Crippen molar-refractivity contribution in [3.8, 4) is 0 Å². The number of hydrogen-bond donors (Lipinski definition) is 2. The number of amides is 1. The van der Waals surface area contributed by atoms with E-state index in [1.807, 2.05) is 32.0 Å². The van der Waals surface area contributed by atoms with Crippen LogP contribution in [0.1, 0.15) is 47.3 Å². The molecule has 1 amide bonds. The molecule has 2 aromatic rings. The van der Waals surface area contributed by atoms with Crippen LogP contribution in [0.25, 0.3) is 0 Å². The van der Waals surface area contributed by atoms with Gasteiger partial charge in [-0.25, -0.2) is 0 Å². The van der Waals surface area contributed by atoms with Crippen LogP contribution in [-0.2, 0) is 23.2 Å². The van der Waals surface area contributed by atoms with E-state index in [0.29, 0.717) is 16.8 Å². The fraction of sp³-hybridized carbons (Fsp3) is 0.300. The van der Waals surface area contributed by atoms with Crippen molar-refractivity contribution in [2.75, 3.05) is 5.32 Å². The molecule has 0 spiro atoms. The minimum Gasteiger partial charge on any atom is -0.375 e. The van der Waals surface area contributed by atoms with Crippen LogP contribution in [0.2, 0.25) is 0 Å². The number of anilines is 1. The average Bonchev–Trinajstić information content (AvgIpc) is 2.85. The van der Waals surface area contributed by atoms with Crippen LogP contribution in [0.5, 0.6) is 0 Å². The predicted octanol–water partition coefficient (Wildman–Crippen LogP) is 3.22. The van der Waals surface area contributed by atoms with Crippen molar-refractivity contribution in [1.82, 2.24) is 0 Å². The lowest BCUT2D eigenvalue weighted by Gasteiger charge is -2.20. The molecule has 0 fully saturated rings. The molecule has 0 aliphatic carbocycles. The molecule has 0 aromatic heterocycles. The summed E-state index contributed by atoms with van der Waals surface area (Å²) in [6.07, 6.45) is 1.43. The van der Waals surface area contributed by atoms with Gasteiger partial charge in [0.25, 0.3) is 5.91 Å². The van der Waals surface area contributed by atoms with Gasteiger partial charge in [0, 0.05) is 16.8 Å². The standard InChI is InChI=1S/C20H21NO3/c1-3-13-5-8-15(9-6-13)18(22)12-20(24)16-11-14(4-2)7-10-17(16)21-19(20)23/h5-11,24H,3-4,12H2,1-2H3,(H,21,23). The number of aryl methyl sites for hydroxylation is 2. The van der Waals surface area contributed by atoms with Gasteiger partial charge in [0.15, 0.2) is 11.4 Å². The summed E-state index contributed by atoms with van der Waals surface area (Å²) in [5, 5.41) is 13.6. The Labute approximate surface area is 141 Å². The Hall–Kier alpha value is -2.46. The minimum atomic E-state index is -1.80. The second-order valence-corrected chi connectivity index (χ2v) is 6.20. The highest BCUT2D eigenvalue weighted by atomic mass is 16.3. The molecule has 4 heteroatoms. The van der Waals surface area contributed by atoms with E-state index in [-0.39, 0.29) is 12.2 Å². The van der Waals surface area contributed by atoms with E-state index in [1.54, 1.807) is 24.3 Å². The lowest BCUT2D eigenvalue weighted by molar-refractivity contribution is -0.133. The molecule has 1 aliphatic rings. The van der Waals surface area contributed by atoms with E-state index < -0.39 is 11.5 Å². The molecule has 0 saturated carbocycles. The molecular formula is C20H21NO3. The zero-order valence-electron chi connectivity index (χ0n) is 13.9. The normalized spacial score (nSPS) is 19.0. The molecule has 2 aromatic carbocycles. The third-order valence-electron chi connectivity index (χ3n) is 4.66. The van der Waals surface area contributed by atoms with Gasteiger partial charge in [0.2, 0.25) is 0 Å². The zero-order chi connectivity index (χ0) is 17.3. The van der Waals surface area contributed by atoms with Crippen LogP contribution < -0.4 is 5.32 Å². The van der Waals surface area contributed by atoms with Crippen molar-refractivity contribution in [2.45, 2.75) is 38.7 Å². The van der Waals surface area contributed by atoms with Gasteiger partial charge in [0.1, 0.15) is 0 Å². The number of nitrogens with one attached hydrogen (secondary N) is 1. The van der Waals surface area contributed by atoms with Crippen molar-refractivity contribution >= 4 is 17.4 Å². The smallest absolute Gasteiger partial charge is 0.261 e. The lowest BCUT2D eigenvalue weighted by atomic mass is 9.87. The summed E-state index contributed by atoms with van der Waals surface area (Å²) in [6.45, 7) is 4.05. The van der Waals surface area contributed by atoms with E-state index in [9.17, 15) is 14.7 Å². The Morgan fingerprint density at radius 2 is 1.67 bits per heavy atom. The van der Waals surface area contributed by atoms with Gasteiger partial charge in [-0.2, -0.15) is 0 Å². The molecule has 0 bridgehead atoms. The van der Waals surface area contributed by atoms with E-state index >= 15 is 0 Å². The summed E-state index contributed by atoms with van der Waals surface area (Å²) in [5.74, 6) is -0.783. The number of benzene rings is 2. The third kappa shape index (κ3) is 2.74. The van der Waals surface area contributed by atoms with Gasteiger partial charge in [-0.05, 0) is 30.0 Å². The molecule has 0 saturated heterocycles. The largest absolute Gasteiger partial charge is 0.375 e. The number of ketones is 1. The molecule has 0 radical (unpaired) electrons. The van der Waals surface area contributed by atoms with Gasteiger partial charge in [-0.15, -0.1) is 0 Å². The van der Waals surface area contributed by atoms with Gasteiger partial charge in [-0.1, -0.05) is 50.2 Å². The first-order chi connectivity index (χ1) is 11.5. The van der Waals surface area contributed by atoms with Crippen LogP contribution in [-0.4, -0.2) is 16.8 Å². The fourth-order valence-electron chi connectivity index (χ4n) is 3.05. The van der Waals surface area contributed by atoms with E-state index in [0.717, 1.165) is 24.0 Å². The molecule has 2 N–H and O–H groups in total. The number of carbonyl (C=O) groups is 2. The molecule has 3 rings (SSSR count). The van der Waals surface area contributed by atoms with Crippen LogP contribution in [0.3, 0.4) is 0 Å². The Balaban J connectivity index is 1.91. The summed E-state index contributed by atoms with van der Waals surface area (Å²) in [5.41, 5.74) is 1.93. The third-order valence-corrected chi connectivity index (χ3v) is 4.66. The first-order valence-electron chi connectivity index (χ1n) is 8.27. The van der Waals surface area contributed by atoms with Crippen LogP contribution in [0.4, 0.5) is 5.69 Å². The van der Waals surface area contributed by atoms with Gasteiger partial charge in [0.05, 0.1) is 6.42 Å². The molecule has 124 valence electrons. The zero-order valence-corrected chi connectivity index (χ0v) is 13.9. The summed E-state index contributed by atoms with van der Waals surface area (Å²) in [4.78, 5) is 24.9. The minimum absolute atomic E-state index is 0.245. The fourth-order valence-corrected chi connectivity index (χ4v) is 3.05. The maximum Gasteiger partial charge on any atom is 0.261 e. The van der Waals surface area contributed by atoms with Crippen molar-refractivity contribution in [3.63, 3.8) is 0 Å². The number of hydrogen-bond acceptors (Lipinski definition) is 3. The van der Waals surface area contributed by atoms with E-state index in [2.05, 4.69) is 5.32 Å². The van der Waals surface area contributed by atoms with Crippen molar-refractivity contribution < 1.29 is 14.7 Å². The van der Waals surface area contributed by atoms with Crippen LogP contribution in [0, 0.1) is 0 Å². The first kappa shape index (κ1) is 16.4. The Morgan fingerprint density at radius 3 is 2.29 bits per heavy atom. The highest BCUT2D eigenvalue weighted by Gasteiger charge is 2.46. The molecule has 1 heterocycles. The Bertz CT molecular complexity index is 795. The number of rotatable bonds is 5. The summed E-state index contributed by atoms with van der Waals surface area (Å²) in [7, 11) is 0. The molecular weight excluding hydrogens is 302 g/mol. The number of aliphatic hydroxyl groups is 1. The second kappa shape index (κ2) is 6.21. The van der Waals surface area contributed by atoms with Crippen molar-refractivity contribution in [2.24, 2.45) is 0 Å². The van der Waals surface area contributed by atoms with E-state index in [1.165, 1.54) is 0 Å². The Kier molecular flexibility index (Phi) is 4.24. The predicted molar refractivity (Wildman–Crippen MR) is 93.1 cm³/mol. The number of Topliss-reactive ketones (excluding diaryl/α,β-unsaturated/α-hetero) is 1. The summed E-state index contributed by atoms with van der Waals surface area (Å²) >= 11 is 0. The molecule has 24 heavy (non-hydrogen) atoms. The SMILES string of the molecule is CCc1ccc(C(=O)CC2(O)C(=O)Nc3ccc(CC)cc32)cc1. The lowest BCUT2D eigenvalue weighted by Crippen LogP contribution is -2.36. The molecule has 1 atom stereocenters. The number of carbonyl (C=O) groups excluding carboxylic acids is 2. The topological polar surface area (TPSA) is 66.4 Å². The average molecular weight is 323 g/mol. The molecule has 4 nitrogen and oxygen atoms in total. The van der Waals surface area contributed by atoms with Gasteiger partial charge in [-0.3, -0.25) is 9.59 Å². The number of fused-ring (bicyclic) bond motifs is 1. The quantitative estimate of drug-likeness (QED) is 0.830.